The normalized spacial score (nSPS) is 12.9. The zero-order chi connectivity index (χ0) is 17.9. The van der Waals surface area contributed by atoms with Crippen LogP contribution in [0.4, 0.5) is 13.2 Å². The Hall–Kier alpha value is -2.23. The predicted octanol–water partition coefficient (Wildman–Crippen LogP) is 2.62. The van der Waals surface area contributed by atoms with Gasteiger partial charge < -0.3 is 5.32 Å². The van der Waals surface area contributed by atoms with Gasteiger partial charge in [0.25, 0.3) is 11.5 Å². The van der Waals surface area contributed by atoms with Crippen LogP contribution in [-0.2, 0) is 12.7 Å². The van der Waals surface area contributed by atoms with Crippen LogP contribution in [0.1, 0.15) is 47.5 Å². The summed E-state index contributed by atoms with van der Waals surface area (Å²) in [5.74, 6) is -0.587. The summed E-state index contributed by atoms with van der Waals surface area (Å²) in [6.07, 6.45) is -3.84. The smallest absolute Gasteiger partial charge is 0.342 e. The van der Waals surface area contributed by atoms with Gasteiger partial charge in [-0.15, -0.1) is 11.3 Å². The van der Waals surface area contributed by atoms with E-state index in [9.17, 15) is 22.8 Å². The number of nitrogens with zero attached hydrogens (tertiary/aromatic N) is 3. The van der Waals surface area contributed by atoms with Gasteiger partial charge in [0.15, 0.2) is 5.69 Å². The molecule has 0 spiro atoms. The molecule has 0 aromatic carbocycles. The van der Waals surface area contributed by atoms with E-state index in [-0.39, 0.29) is 16.3 Å². The highest BCUT2D eigenvalue weighted by Crippen LogP contribution is 2.31. The average molecular weight is 360 g/mol. The Kier molecular flexibility index (Phi) is 5.37. The fraction of sp³-hybridized carbons (Fsp3) is 0.429. The lowest BCUT2D eigenvalue weighted by molar-refractivity contribution is -0.140. The standard InChI is InChI=1S/C14H15F3N4O2S/c1-3-6-21-11(22)5-4-9(20-21)12(23)18-8(2)13-19-10(7-24-13)14(15,16)17/h4-5,7-8H,3,6H2,1-2H3,(H,18,23)/t8-/m1/s1. The van der Waals surface area contributed by atoms with E-state index in [4.69, 9.17) is 0 Å². The van der Waals surface area contributed by atoms with Crippen LogP contribution in [0.25, 0.3) is 0 Å². The van der Waals surface area contributed by atoms with Crippen LogP contribution >= 0.6 is 11.3 Å². The summed E-state index contributed by atoms with van der Waals surface area (Å²) in [4.78, 5) is 27.2. The van der Waals surface area contributed by atoms with E-state index in [1.165, 1.54) is 23.7 Å². The van der Waals surface area contributed by atoms with Gasteiger partial charge in [0.05, 0.1) is 6.04 Å². The Balaban J connectivity index is 2.13. The van der Waals surface area contributed by atoms with Gasteiger partial charge in [-0.3, -0.25) is 9.59 Å². The van der Waals surface area contributed by atoms with Crippen molar-refractivity contribution in [1.29, 1.82) is 0 Å². The van der Waals surface area contributed by atoms with Gasteiger partial charge in [-0.25, -0.2) is 9.67 Å². The van der Waals surface area contributed by atoms with E-state index < -0.39 is 23.8 Å². The van der Waals surface area contributed by atoms with Gasteiger partial charge in [-0.05, 0) is 19.4 Å². The minimum atomic E-state index is -4.52. The van der Waals surface area contributed by atoms with Crippen LogP contribution in [-0.4, -0.2) is 20.7 Å². The highest BCUT2D eigenvalue weighted by Gasteiger charge is 2.34. The maximum atomic E-state index is 12.6. The lowest BCUT2D eigenvalue weighted by Crippen LogP contribution is -2.31. The van der Waals surface area contributed by atoms with Crippen LogP contribution in [0.15, 0.2) is 22.3 Å². The first-order chi connectivity index (χ1) is 11.2. The van der Waals surface area contributed by atoms with Crippen molar-refractivity contribution in [1.82, 2.24) is 20.1 Å². The summed E-state index contributed by atoms with van der Waals surface area (Å²) in [7, 11) is 0. The number of nitrogens with one attached hydrogen (secondary N) is 1. The summed E-state index contributed by atoms with van der Waals surface area (Å²) in [5, 5.41) is 7.52. The van der Waals surface area contributed by atoms with Crippen LogP contribution in [0.3, 0.4) is 0 Å². The number of amides is 1. The van der Waals surface area contributed by atoms with Gasteiger partial charge >= 0.3 is 6.18 Å². The van der Waals surface area contributed by atoms with Crippen LogP contribution in [0, 0.1) is 0 Å². The molecule has 1 atom stereocenters. The van der Waals surface area contributed by atoms with Crippen molar-refractivity contribution >= 4 is 17.2 Å². The maximum Gasteiger partial charge on any atom is 0.434 e. The Labute approximate surface area is 139 Å². The van der Waals surface area contributed by atoms with E-state index in [1.54, 1.807) is 0 Å². The molecule has 0 radical (unpaired) electrons. The van der Waals surface area contributed by atoms with Crippen molar-refractivity contribution in [3.8, 4) is 0 Å². The quantitative estimate of drug-likeness (QED) is 0.889. The Morgan fingerprint density at radius 1 is 1.42 bits per heavy atom. The molecular formula is C14H15F3N4O2S. The van der Waals surface area contributed by atoms with Crippen LogP contribution in [0.2, 0.25) is 0 Å². The summed E-state index contributed by atoms with van der Waals surface area (Å²) in [6, 6.07) is 1.79. The molecule has 24 heavy (non-hydrogen) atoms. The number of halogens is 3. The minimum Gasteiger partial charge on any atom is -0.342 e. The Morgan fingerprint density at radius 3 is 2.71 bits per heavy atom. The van der Waals surface area contributed by atoms with E-state index in [2.05, 4.69) is 15.4 Å². The number of carbonyl (C=O) groups is 1. The molecule has 0 unspecified atom stereocenters. The molecule has 2 aromatic rings. The predicted molar refractivity (Wildman–Crippen MR) is 81.8 cm³/mol. The van der Waals surface area contributed by atoms with E-state index >= 15 is 0 Å². The summed E-state index contributed by atoms with van der Waals surface area (Å²) in [5.41, 5.74) is -1.29. The fourth-order valence-electron chi connectivity index (χ4n) is 1.89. The first-order valence-electron chi connectivity index (χ1n) is 7.14. The largest absolute Gasteiger partial charge is 0.434 e. The lowest BCUT2D eigenvalue weighted by atomic mass is 10.3. The molecule has 2 rings (SSSR count). The third kappa shape index (κ3) is 4.19. The second-order valence-electron chi connectivity index (χ2n) is 5.04. The number of aromatic nitrogens is 3. The maximum absolute atomic E-state index is 12.6. The molecule has 10 heteroatoms. The van der Waals surface area contributed by atoms with Gasteiger partial charge in [-0.1, -0.05) is 6.92 Å². The number of rotatable bonds is 5. The highest BCUT2D eigenvalue weighted by molar-refractivity contribution is 7.09. The molecule has 1 N–H and O–H groups in total. The average Bonchev–Trinajstić information content (AvgIpc) is 2.99. The lowest BCUT2D eigenvalue weighted by Gasteiger charge is -2.11. The monoisotopic (exact) mass is 360 g/mol. The SMILES string of the molecule is CCCn1nc(C(=O)N[C@H](C)c2nc(C(F)(F)F)cs2)ccc1=O. The molecule has 0 aliphatic heterocycles. The molecule has 130 valence electrons. The molecule has 0 aliphatic carbocycles. The second-order valence-corrected chi connectivity index (χ2v) is 5.93. The Bertz CT molecular complexity index is 785. The van der Waals surface area contributed by atoms with Gasteiger partial charge in [0.1, 0.15) is 10.7 Å². The first-order valence-corrected chi connectivity index (χ1v) is 8.02. The number of alkyl halides is 3. The highest BCUT2D eigenvalue weighted by atomic mass is 32.1. The molecule has 0 fully saturated rings. The van der Waals surface area contributed by atoms with Crippen molar-refractivity contribution in [3.05, 3.63) is 44.3 Å². The number of hydrogen-bond acceptors (Lipinski definition) is 5. The van der Waals surface area contributed by atoms with E-state index in [0.29, 0.717) is 13.0 Å². The van der Waals surface area contributed by atoms with E-state index in [0.717, 1.165) is 16.7 Å². The second kappa shape index (κ2) is 7.12. The number of aryl methyl sites for hydroxylation is 1. The molecule has 0 bridgehead atoms. The number of thiazole rings is 1. The first kappa shape index (κ1) is 18.1. The molecular weight excluding hydrogens is 345 g/mol. The van der Waals surface area contributed by atoms with Crippen molar-refractivity contribution in [2.24, 2.45) is 0 Å². The molecule has 2 heterocycles. The van der Waals surface area contributed by atoms with Gasteiger partial charge in [-0.2, -0.15) is 18.3 Å². The Morgan fingerprint density at radius 2 is 2.12 bits per heavy atom. The van der Waals surface area contributed by atoms with Crippen molar-refractivity contribution in [3.63, 3.8) is 0 Å². The number of carbonyl (C=O) groups excluding carboxylic acids is 1. The topological polar surface area (TPSA) is 76.9 Å². The van der Waals surface area contributed by atoms with E-state index in [1.807, 2.05) is 6.92 Å². The van der Waals surface area contributed by atoms with Crippen molar-refractivity contribution in [2.45, 2.75) is 39.0 Å². The van der Waals surface area contributed by atoms with Gasteiger partial charge in [0.2, 0.25) is 0 Å². The van der Waals surface area contributed by atoms with Crippen LogP contribution in [0.5, 0.6) is 0 Å². The fourth-order valence-corrected chi connectivity index (χ4v) is 2.72. The molecule has 0 aliphatic rings. The summed E-state index contributed by atoms with van der Waals surface area (Å²) in [6.45, 7) is 3.76. The van der Waals surface area contributed by atoms with Crippen LogP contribution < -0.4 is 10.9 Å². The molecule has 1 amide bonds. The third-order valence-electron chi connectivity index (χ3n) is 3.07. The third-order valence-corrected chi connectivity index (χ3v) is 4.09. The summed E-state index contributed by atoms with van der Waals surface area (Å²) >= 11 is 0.814. The minimum absolute atomic E-state index is 0.0162. The summed E-state index contributed by atoms with van der Waals surface area (Å²) < 4.78 is 38.9. The zero-order valence-corrected chi connectivity index (χ0v) is 13.7. The van der Waals surface area contributed by atoms with Crippen molar-refractivity contribution in [2.75, 3.05) is 0 Å². The van der Waals surface area contributed by atoms with Crippen molar-refractivity contribution < 1.29 is 18.0 Å². The molecule has 2 aromatic heterocycles. The number of hydrogen-bond donors (Lipinski definition) is 1. The molecule has 0 saturated carbocycles. The molecule has 0 saturated heterocycles. The molecule has 6 nitrogen and oxygen atoms in total. The zero-order valence-electron chi connectivity index (χ0n) is 12.9. The van der Waals surface area contributed by atoms with Gasteiger partial charge in [0, 0.05) is 18.0 Å².